The normalized spacial score (nSPS) is 43.0. The summed E-state index contributed by atoms with van der Waals surface area (Å²) >= 11 is 0. The van der Waals surface area contributed by atoms with Crippen molar-refractivity contribution in [2.75, 3.05) is 13.7 Å². The largest absolute Gasteiger partial charge is 0.479 e. The number of ether oxygens (including phenoxy) is 4. The summed E-state index contributed by atoms with van der Waals surface area (Å²) in [6.45, 7) is 2.49. The van der Waals surface area contributed by atoms with Crippen molar-refractivity contribution in [2.45, 2.75) is 81.4 Å². The average molecular weight is 423 g/mol. The molecule has 2 heterocycles. The highest BCUT2D eigenvalue weighted by Crippen LogP contribution is 2.30. The van der Waals surface area contributed by atoms with E-state index in [9.17, 15) is 35.1 Å². The van der Waals surface area contributed by atoms with Gasteiger partial charge in [0.2, 0.25) is 5.91 Å². The van der Waals surface area contributed by atoms with Crippen molar-refractivity contribution >= 4 is 11.9 Å². The lowest BCUT2D eigenvalue weighted by atomic mass is 9.90. The maximum absolute atomic E-state index is 11.6. The summed E-state index contributed by atoms with van der Waals surface area (Å²) in [6.07, 6.45) is -11.9. The Labute approximate surface area is 167 Å². The Balaban J connectivity index is 2.30. The van der Waals surface area contributed by atoms with Gasteiger partial charge < -0.3 is 49.8 Å². The van der Waals surface area contributed by atoms with Crippen LogP contribution in [-0.2, 0) is 28.5 Å². The van der Waals surface area contributed by atoms with Gasteiger partial charge in [-0.2, -0.15) is 0 Å². The molecule has 0 bridgehead atoms. The summed E-state index contributed by atoms with van der Waals surface area (Å²) < 4.78 is 21.5. The summed E-state index contributed by atoms with van der Waals surface area (Å²) in [5.41, 5.74) is 0. The first-order chi connectivity index (χ1) is 13.7. The number of hydrogen-bond donors (Lipinski definition) is 6. The predicted molar refractivity (Wildman–Crippen MR) is 93.6 cm³/mol. The molecule has 0 radical (unpaired) electrons. The van der Waals surface area contributed by atoms with Gasteiger partial charge in [-0.3, -0.25) is 4.79 Å². The molecule has 2 rings (SSSR count). The third-order valence-electron chi connectivity index (χ3n) is 5.13. The van der Waals surface area contributed by atoms with Crippen molar-refractivity contribution in [1.82, 2.24) is 5.32 Å². The van der Waals surface area contributed by atoms with Gasteiger partial charge in [0, 0.05) is 14.0 Å². The summed E-state index contributed by atoms with van der Waals surface area (Å²) in [5, 5.41) is 52.6. The standard InChI is InChI=1S/C17H29NO11/c1-4-7-9(18-6(2)20)13(10(21)8(5-19)27-7)28-17-12(23)11(22)14(26-3)15(29-17)16(24)25/h7-15,17,19,21-23H,4-5H2,1-3H3,(H,18,20)(H,24,25)/t7?,8?,9-,10-,11?,12+,13?,14+,15?,17-/m1/s1. The number of nitrogens with one attached hydrogen (secondary N) is 1. The Morgan fingerprint density at radius 2 is 1.69 bits per heavy atom. The first-order valence-electron chi connectivity index (χ1n) is 9.30. The SMILES string of the molecule is CCC1OC(CO)[C@@H](O)C(O[C@@H]2OC(C(=O)O)[C@@H](OC)C(O)[C@@H]2O)[C@@H]1NC(C)=O. The summed E-state index contributed by atoms with van der Waals surface area (Å²) in [5.74, 6) is -1.88. The van der Waals surface area contributed by atoms with E-state index in [2.05, 4.69) is 5.32 Å². The third kappa shape index (κ3) is 5.03. The lowest BCUT2D eigenvalue weighted by Crippen LogP contribution is -2.67. The second-order valence-electron chi connectivity index (χ2n) is 7.07. The van der Waals surface area contributed by atoms with Gasteiger partial charge in [-0.15, -0.1) is 0 Å². The number of carboxylic acid groups (broad SMARTS) is 1. The van der Waals surface area contributed by atoms with Crippen LogP contribution in [0, 0.1) is 0 Å². The van der Waals surface area contributed by atoms with Gasteiger partial charge >= 0.3 is 5.97 Å². The molecule has 29 heavy (non-hydrogen) atoms. The van der Waals surface area contributed by atoms with Crippen LogP contribution in [0.5, 0.6) is 0 Å². The van der Waals surface area contributed by atoms with E-state index >= 15 is 0 Å². The van der Waals surface area contributed by atoms with Crippen LogP contribution in [0.3, 0.4) is 0 Å². The molecule has 10 atom stereocenters. The molecular weight excluding hydrogens is 394 g/mol. The van der Waals surface area contributed by atoms with Gasteiger partial charge in [-0.1, -0.05) is 6.92 Å². The molecule has 0 aromatic carbocycles. The molecule has 12 heteroatoms. The summed E-state index contributed by atoms with van der Waals surface area (Å²) in [4.78, 5) is 23.1. The van der Waals surface area contributed by atoms with E-state index in [1.807, 2.05) is 0 Å². The van der Waals surface area contributed by atoms with Crippen LogP contribution in [0.2, 0.25) is 0 Å². The van der Waals surface area contributed by atoms with Crippen LogP contribution in [0.1, 0.15) is 20.3 Å². The monoisotopic (exact) mass is 423 g/mol. The number of rotatable bonds is 7. The molecule has 6 N–H and O–H groups in total. The maximum atomic E-state index is 11.6. The molecule has 1 amide bonds. The molecule has 2 saturated heterocycles. The van der Waals surface area contributed by atoms with E-state index in [1.54, 1.807) is 6.92 Å². The van der Waals surface area contributed by atoms with Crippen LogP contribution in [0.25, 0.3) is 0 Å². The minimum Gasteiger partial charge on any atom is -0.479 e. The smallest absolute Gasteiger partial charge is 0.335 e. The number of methoxy groups -OCH3 is 1. The van der Waals surface area contributed by atoms with Crippen molar-refractivity contribution in [3.8, 4) is 0 Å². The Morgan fingerprint density at radius 3 is 2.17 bits per heavy atom. The number of aliphatic hydroxyl groups is 4. The molecule has 2 aliphatic heterocycles. The van der Waals surface area contributed by atoms with Crippen LogP contribution in [0.4, 0.5) is 0 Å². The molecule has 0 aromatic heterocycles. The summed E-state index contributed by atoms with van der Waals surface area (Å²) in [6, 6.07) is -0.883. The van der Waals surface area contributed by atoms with Crippen LogP contribution < -0.4 is 5.32 Å². The van der Waals surface area contributed by atoms with E-state index in [4.69, 9.17) is 18.9 Å². The van der Waals surface area contributed by atoms with E-state index in [0.29, 0.717) is 6.42 Å². The number of hydrogen-bond acceptors (Lipinski definition) is 10. The first-order valence-corrected chi connectivity index (χ1v) is 9.30. The second kappa shape index (κ2) is 10.1. The molecule has 0 saturated carbocycles. The van der Waals surface area contributed by atoms with Gasteiger partial charge in [0.1, 0.15) is 36.6 Å². The topological polar surface area (TPSA) is 184 Å². The zero-order valence-electron chi connectivity index (χ0n) is 16.4. The zero-order valence-corrected chi connectivity index (χ0v) is 16.4. The Bertz CT molecular complexity index is 576. The number of carbonyl (C=O) groups excluding carboxylic acids is 1. The van der Waals surface area contributed by atoms with Crippen molar-refractivity contribution in [1.29, 1.82) is 0 Å². The highest BCUT2D eigenvalue weighted by Gasteiger charge is 2.52. The van der Waals surface area contributed by atoms with Crippen molar-refractivity contribution in [3.05, 3.63) is 0 Å². The third-order valence-corrected chi connectivity index (χ3v) is 5.13. The molecule has 5 unspecified atom stereocenters. The van der Waals surface area contributed by atoms with Crippen LogP contribution >= 0.6 is 0 Å². The Kier molecular flexibility index (Phi) is 8.31. The van der Waals surface area contributed by atoms with Crippen LogP contribution in [0.15, 0.2) is 0 Å². The lowest BCUT2D eigenvalue weighted by Gasteiger charge is -2.47. The highest BCUT2D eigenvalue weighted by atomic mass is 16.7. The fourth-order valence-electron chi connectivity index (χ4n) is 3.67. The minimum atomic E-state index is -1.70. The molecule has 0 spiro atoms. The lowest BCUT2D eigenvalue weighted by molar-refractivity contribution is -0.328. The first kappa shape index (κ1) is 23.9. The second-order valence-corrected chi connectivity index (χ2v) is 7.07. The van der Waals surface area contributed by atoms with Crippen molar-refractivity contribution in [2.24, 2.45) is 0 Å². The number of carbonyl (C=O) groups is 2. The fourth-order valence-corrected chi connectivity index (χ4v) is 3.67. The minimum absolute atomic E-state index is 0.397. The highest BCUT2D eigenvalue weighted by molar-refractivity contribution is 5.73. The average Bonchev–Trinajstić information content (AvgIpc) is 2.67. The molecule has 2 fully saturated rings. The zero-order chi connectivity index (χ0) is 21.9. The van der Waals surface area contributed by atoms with Crippen molar-refractivity contribution in [3.63, 3.8) is 0 Å². The number of amides is 1. The Hall–Kier alpha value is -1.38. The number of aliphatic hydroxyl groups excluding tert-OH is 4. The molecule has 0 aromatic rings. The van der Waals surface area contributed by atoms with Gasteiger partial charge in [-0.05, 0) is 6.42 Å². The molecule has 12 nitrogen and oxygen atoms in total. The predicted octanol–water partition coefficient (Wildman–Crippen LogP) is -3.05. The Morgan fingerprint density at radius 1 is 1.03 bits per heavy atom. The molecular formula is C17H29NO11. The van der Waals surface area contributed by atoms with E-state index < -0.39 is 79.6 Å². The number of carboxylic acids is 1. The molecule has 2 aliphatic rings. The molecule has 0 aliphatic carbocycles. The van der Waals surface area contributed by atoms with Gasteiger partial charge in [0.05, 0.1) is 18.8 Å². The maximum Gasteiger partial charge on any atom is 0.335 e. The fraction of sp³-hybridized carbons (Fsp3) is 0.882. The van der Waals surface area contributed by atoms with Crippen molar-refractivity contribution < 1.29 is 54.1 Å². The van der Waals surface area contributed by atoms with Gasteiger partial charge in [-0.25, -0.2) is 4.79 Å². The van der Waals surface area contributed by atoms with E-state index in [1.165, 1.54) is 6.92 Å². The van der Waals surface area contributed by atoms with E-state index in [0.717, 1.165) is 7.11 Å². The summed E-state index contributed by atoms with van der Waals surface area (Å²) in [7, 11) is 1.16. The number of aliphatic carboxylic acids is 1. The quantitative estimate of drug-likeness (QED) is 0.244. The molecule has 168 valence electrons. The van der Waals surface area contributed by atoms with E-state index in [-0.39, 0.29) is 0 Å². The van der Waals surface area contributed by atoms with Gasteiger partial charge in [0.25, 0.3) is 0 Å². The van der Waals surface area contributed by atoms with Gasteiger partial charge in [0.15, 0.2) is 12.4 Å². The van der Waals surface area contributed by atoms with Crippen LogP contribution in [-0.4, -0.2) is 112 Å².